The maximum absolute atomic E-state index is 11.8. The summed E-state index contributed by atoms with van der Waals surface area (Å²) in [6, 6.07) is 9.50. The Labute approximate surface area is 130 Å². The van der Waals surface area contributed by atoms with Crippen LogP contribution < -0.4 is 10.2 Å². The number of amides is 1. The van der Waals surface area contributed by atoms with Crippen LogP contribution in [0.25, 0.3) is 0 Å². The Morgan fingerprint density at radius 2 is 1.82 bits per heavy atom. The Bertz CT molecular complexity index is 661. The topological polar surface area (TPSA) is 63.6 Å². The second kappa shape index (κ2) is 7.36. The third-order valence-corrected chi connectivity index (χ3v) is 3.01. The van der Waals surface area contributed by atoms with Gasteiger partial charge in [-0.3, -0.25) is 9.78 Å². The smallest absolute Gasteiger partial charge is 0.277 e. The molecule has 5 nitrogen and oxygen atoms in total. The van der Waals surface area contributed by atoms with E-state index in [2.05, 4.69) is 21.6 Å². The summed E-state index contributed by atoms with van der Waals surface area (Å²) < 4.78 is 5.48. The summed E-state index contributed by atoms with van der Waals surface area (Å²) >= 11 is 0. The van der Waals surface area contributed by atoms with Gasteiger partial charge in [0, 0.05) is 18.0 Å². The maximum Gasteiger partial charge on any atom is 0.277 e. The molecule has 0 aliphatic rings. The average molecular weight is 297 g/mol. The van der Waals surface area contributed by atoms with Crippen molar-refractivity contribution in [1.82, 2.24) is 10.4 Å². The first kappa shape index (κ1) is 15.7. The molecule has 0 saturated carbocycles. The number of rotatable bonds is 5. The second-order valence-corrected chi connectivity index (χ2v) is 5.08. The molecule has 0 radical (unpaired) electrons. The van der Waals surface area contributed by atoms with Crippen LogP contribution in [0.2, 0.25) is 0 Å². The van der Waals surface area contributed by atoms with Gasteiger partial charge in [0.1, 0.15) is 5.75 Å². The highest BCUT2D eigenvalue weighted by atomic mass is 16.5. The minimum atomic E-state index is -0.299. The summed E-state index contributed by atoms with van der Waals surface area (Å²) in [6.45, 7) is 5.72. The van der Waals surface area contributed by atoms with E-state index in [0.717, 1.165) is 16.7 Å². The molecule has 0 spiro atoms. The summed E-state index contributed by atoms with van der Waals surface area (Å²) in [5, 5.41) is 4.05. The van der Waals surface area contributed by atoms with Crippen molar-refractivity contribution >= 4 is 11.6 Å². The number of aromatic nitrogens is 1. The molecule has 0 saturated heterocycles. The number of ether oxygens (including phenoxy) is 1. The van der Waals surface area contributed by atoms with E-state index >= 15 is 0 Å². The van der Waals surface area contributed by atoms with Gasteiger partial charge < -0.3 is 4.74 Å². The zero-order chi connectivity index (χ0) is 15.9. The number of nitrogens with one attached hydrogen (secondary N) is 1. The molecule has 0 bridgehead atoms. The summed E-state index contributed by atoms with van der Waals surface area (Å²) in [6.07, 6.45) is 3.36. The van der Waals surface area contributed by atoms with Gasteiger partial charge in [-0.05, 0) is 56.2 Å². The van der Waals surface area contributed by atoms with E-state index in [1.807, 2.05) is 45.0 Å². The van der Waals surface area contributed by atoms with Crippen molar-refractivity contribution in [3.8, 4) is 5.75 Å². The van der Waals surface area contributed by atoms with Gasteiger partial charge in [-0.15, -0.1) is 0 Å². The normalized spacial score (nSPS) is 11.1. The number of hydrogen-bond donors (Lipinski definition) is 1. The number of hydrazone groups is 1. The molecule has 0 unspecified atom stereocenters. The Balaban J connectivity index is 1.88. The second-order valence-electron chi connectivity index (χ2n) is 5.08. The molecule has 2 rings (SSSR count). The van der Waals surface area contributed by atoms with E-state index in [4.69, 9.17) is 4.74 Å². The summed E-state index contributed by atoms with van der Waals surface area (Å²) in [4.78, 5) is 15.7. The van der Waals surface area contributed by atoms with Crippen molar-refractivity contribution in [2.45, 2.75) is 20.8 Å². The van der Waals surface area contributed by atoms with Crippen LogP contribution >= 0.6 is 0 Å². The predicted molar refractivity (Wildman–Crippen MR) is 86.0 cm³/mol. The number of hydrogen-bond acceptors (Lipinski definition) is 4. The predicted octanol–water partition coefficient (Wildman–Crippen LogP) is 2.62. The molecule has 1 N–H and O–H groups in total. The molecule has 114 valence electrons. The van der Waals surface area contributed by atoms with E-state index in [-0.39, 0.29) is 12.5 Å². The Morgan fingerprint density at radius 3 is 2.45 bits per heavy atom. The van der Waals surface area contributed by atoms with Crippen LogP contribution in [0.4, 0.5) is 0 Å². The van der Waals surface area contributed by atoms with Gasteiger partial charge in [-0.25, -0.2) is 5.43 Å². The van der Waals surface area contributed by atoms with Gasteiger partial charge >= 0.3 is 0 Å². The molecule has 1 heterocycles. The highest BCUT2D eigenvalue weighted by Gasteiger charge is 2.04. The number of carbonyl (C=O) groups excluding carboxylic acids is 1. The minimum Gasteiger partial charge on any atom is -0.484 e. The van der Waals surface area contributed by atoms with Gasteiger partial charge in [0.15, 0.2) is 6.61 Å². The quantitative estimate of drug-likeness (QED) is 0.681. The number of nitrogens with zero attached hydrogens (tertiary/aromatic N) is 2. The zero-order valence-electron chi connectivity index (χ0n) is 13.0. The van der Waals surface area contributed by atoms with Crippen LogP contribution in [-0.4, -0.2) is 23.2 Å². The first-order valence-electron chi connectivity index (χ1n) is 6.99. The molecule has 0 fully saturated rings. The first-order valence-corrected chi connectivity index (χ1v) is 6.99. The number of pyridine rings is 1. The molecule has 1 aromatic carbocycles. The zero-order valence-corrected chi connectivity index (χ0v) is 13.0. The molecule has 0 aliphatic heterocycles. The van der Waals surface area contributed by atoms with E-state index in [9.17, 15) is 4.79 Å². The fourth-order valence-electron chi connectivity index (χ4n) is 2.00. The molecule has 1 aromatic heterocycles. The number of carbonyl (C=O) groups is 1. The molecule has 22 heavy (non-hydrogen) atoms. The molecule has 1 amide bonds. The minimum absolute atomic E-state index is 0.0734. The maximum atomic E-state index is 11.8. The Morgan fingerprint density at radius 1 is 1.18 bits per heavy atom. The van der Waals surface area contributed by atoms with Crippen molar-refractivity contribution in [2.75, 3.05) is 6.61 Å². The first-order chi connectivity index (χ1) is 10.5. The molecule has 0 aliphatic carbocycles. The van der Waals surface area contributed by atoms with Crippen molar-refractivity contribution in [3.05, 3.63) is 59.4 Å². The monoisotopic (exact) mass is 297 g/mol. The fraction of sp³-hybridized carbons (Fsp3) is 0.235. The lowest BCUT2D eigenvalue weighted by atomic mass is 10.1. The van der Waals surface area contributed by atoms with Crippen LogP contribution in [-0.2, 0) is 4.79 Å². The number of aryl methyl sites for hydroxylation is 2. The van der Waals surface area contributed by atoms with Crippen LogP contribution in [0, 0.1) is 13.8 Å². The van der Waals surface area contributed by atoms with Gasteiger partial charge in [0.25, 0.3) is 5.91 Å². The highest BCUT2D eigenvalue weighted by Crippen LogP contribution is 2.15. The lowest BCUT2D eigenvalue weighted by molar-refractivity contribution is -0.123. The summed E-state index contributed by atoms with van der Waals surface area (Å²) in [7, 11) is 0. The van der Waals surface area contributed by atoms with Crippen molar-refractivity contribution < 1.29 is 9.53 Å². The van der Waals surface area contributed by atoms with Crippen molar-refractivity contribution in [1.29, 1.82) is 0 Å². The fourth-order valence-corrected chi connectivity index (χ4v) is 2.00. The van der Waals surface area contributed by atoms with Crippen LogP contribution in [0.3, 0.4) is 0 Å². The van der Waals surface area contributed by atoms with Crippen LogP contribution in [0.1, 0.15) is 23.6 Å². The van der Waals surface area contributed by atoms with E-state index in [1.54, 1.807) is 12.4 Å². The molecule has 5 heteroatoms. The van der Waals surface area contributed by atoms with Gasteiger partial charge in [-0.2, -0.15) is 5.10 Å². The van der Waals surface area contributed by atoms with Gasteiger partial charge in [0.2, 0.25) is 0 Å². The molecular weight excluding hydrogens is 278 g/mol. The molecular formula is C17H19N3O2. The highest BCUT2D eigenvalue weighted by molar-refractivity contribution is 5.99. The Hall–Kier alpha value is -2.69. The van der Waals surface area contributed by atoms with Gasteiger partial charge in [-0.1, -0.05) is 6.07 Å². The largest absolute Gasteiger partial charge is 0.484 e. The average Bonchev–Trinajstić information content (AvgIpc) is 2.50. The van der Waals surface area contributed by atoms with E-state index in [0.29, 0.717) is 11.5 Å². The van der Waals surface area contributed by atoms with Crippen molar-refractivity contribution in [2.24, 2.45) is 5.10 Å². The lowest BCUT2D eigenvalue weighted by Gasteiger charge is -2.07. The molecule has 2 aromatic rings. The molecule has 0 atom stereocenters. The summed E-state index contributed by atoms with van der Waals surface area (Å²) in [5.41, 5.74) is 6.30. The van der Waals surface area contributed by atoms with Crippen LogP contribution in [0.5, 0.6) is 5.75 Å². The van der Waals surface area contributed by atoms with E-state index < -0.39 is 0 Å². The van der Waals surface area contributed by atoms with E-state index in [1.165, 1.54) is 0 Å². The van der Waals surface area contributed by atoms with Crippen molar-refractivity contribution in [3.63, 3.8) is 0 Å². The third kappa shape index (κ3) is 4.70. The SMILES string of the molecule is C/C(=N\NC(=O)COc1cc(C)cc(C)c1)c1ccncc1. The third-order valence-electron chi connectivity index (χ3n) is 3.01. The summed E-state index contributed by atoms with van der Waals surface area (Å²) in [5.74, 6) is 0.384. The van der Waals surface area contributed by atoms with Gasteiger partial charge in [0.05, 0.1) is 5.71 Å². The standard InChI is InChI=1S/C17H19N3O2/c1-12-8-13(2)10-16(9-12)22-11-17(21)20-19-14(3)15-4-6-18-7-5-15/h4-10H,11H2,1-3H3,(H,20,21)/b19-14+. The Kier molecular flexibility index (Phi) is 5.25. The number of benzene rings is 1. The van der Waals surface area contributed by atoms with Crippen LogP contribution in [0.15, 0.2) is 47.8 Å². The lowest BCUT2D eigenvalue weighted by Crippen LogP contribution is -2.25.